The zero-order valence-corrected chi connectivity index (χ0v) is 16.4. The van der Waals surface area contributed by atoms with Crippen molar-refractivity contribution in [2.24, 2.45) is 4.99 Å². The lowest BCUT2D eigenvalue weighted by molar-refractivity contribution is 0.666. The standard InChI is InChI=1S/C17H28N4.HI/c1-5-18-17(20-13(2)3)19-10-11-21-14(4)12-15-8-6-7-9-16(15)21;/h6-9,13-14H,5,10-12H2,1-4H3,(H2,18,19,20);1H. The van der Waals surface area contributed by atoms with Crippen LogP contribution in [0.1, 0.15) is 33.3 Å². The van der Waals surface area contributed by atoms with Crippen LogP contribution in [0.4, 0.5) is 5.69 Å². The highest BCUT2D eigenvalue weighted by Gasteiger charge is 2.24. The highest BCUT2D eigenvalue weighted by molar-refractivity contribution is 14.0. The normalized spacial score (nSPS) is 17.2. The average molecular weight is 416 g/mol. The van der Waals surface area contributed by atoms with E-state index >= 15 is 0 Å². The lowest BCUT2D eigenvalue weighted by atomic mass is 10.1. The Bertz CT molecular complexity index is 487. The monoisotopic (exact) mass is 416 g/mol. The van der Waals surface area contributed by atoms with Crippen LogP contribution in [-0.2, 0) is 6.42 Å². The van der Waals surface area contributed by atoms with Gasteiger partial charge in [-0.25, -0.2) is 0 Å². The van der Waals surface area contributed by atoms with Crippen LogP contribution < -0.4 is 15.5 Å². The van der Waals surface area contributed by atoms with Gasteiger partial charge in [-0.05, 0) is 45.7 Å². The van der Waals surface area contributed by atoms with E-state index in [0.29, 0.717) is 12.1 Å². The topological polar surface area (TPSA) is 39.7 Å². The molecule has 0 aromatic heterocycles. The summed E-state index contributed by atoms with van der Waals surface area (Å²) in [6.07, 6.45) is 1.14. The Kier molecular flexibility index (Phi) is 8.00. The van der Waals surface area contributed by atoms with Gasteiger partial charge in [-0.15, -0.1) is 24.0 Å². The summed E-state index contributed by atoms with van der Waals surface area (Å²) in [5.74, 6) is 0.910. The fourth-order valence-corrected chi connectivity index (χ4v) is 2.83. The van der Waals surface area contributed by atoms with E-state index in [-0.39, 0.29) is 24.0 Å². The summed E-state index contributed by atoms with van der Waals surface area (Å²) >= 11 is 0. The number of anilines is 1. The van der Waals surface area contributed by atoms with Crippen molar-refractivity contribution in [1.29, 1.82) is 0 Å². The van der Waals surface area contributed by atoms with Crippen molar-refractivity contribution in [1.82, 2.24) is 10.6 Å². The molecule has 0 fully saturated rings. The van der Waals surface area contributed by atoms with Crippen molar-refractivity contribution >= 4 is 35.6 Å². The number of fused-ring (bicyclic) bond motifs is 1. The van der Waals surface area contributed by atoms with E-state index in [9.17, 15) is 0 Å². The second-order valence-corrected chi connectivity index (χ2v) is 5.93. The second kappa shape index (κ2) is 9.22. The molecule has 22 heavy (non-hydrogen) atoms. The molecule has 0 amide bonds. The predicted octanol–water partition coefficient (Wildman–Crippen LogP) is 3.02. The number of nitrogens with one attached hydrogen (secondary N) is 2. The fourth-order valence-electron chi connectivity index (χ4n) is 2.83. The smallest absolute Gasteiger partial charge is 0.191 e. The van der Waals surface area contributed by atoms with Gasteiger partial charge in [-0.2, -0.15) is 0 Å². The molecule has 1 aromatic carbocycles. The molecule has 2 N–H and O–H groups in total. The number of guanidine groups is 1. The lowest BCUT2D eigenvalue weighted by Crippen LogP contribution is -2.41. The largest absolute Gasteiger partial charge is 0.366 e. The van der Waals surface area contributed by atoms with E-state index in [0.717, 1.165) is 32.0 Å². The van der Waals surface area contributed by atoms with Crippen molar-refractivity contribution in [3.8, 4) is 0 Å². The molecule has 0 bridgehead atoms. The molecule has 1 atom stereocenters. The Balaban J connectivity index is 0.00000242. The van der Waals surface area contributed by atoms with E-state index in [1.807, 2.05) is 0 Å². The molecule has 1 heterocycles. The molecular weight excluding hydrogens is 387 g/mol. The average Bonchev–Trinajstić information content (AvgIpc) is 2.75. The summed E-state index contributed by atoms with van der Waals surface area (Å²) in [7, 11) is 0. The Morgan fingerprint density at radius 1 is 1.36 bits per heavy atom. The molecule has 5 heteroatoms. The molecule has 4 nitrogen and oxygen atoms in total. The maximum absolute atomic E-state index is 4.68. The van der Waals surface area contributed by atoms with Crippen LogP contribution in [0.25, 0.3) is 0 Å². The molecular formula is C17H29IN4. The first-order valence-electron chi connectivity index (χ1n) is 8.01. The van der Waals surface area contributed by atoms with Gasteiger partial charge in [0.25, 0.3) is 0 Å². The van der Waals surface area contributed by atoms with Gasteiger partial charge in [0.2, 0.25) is 0 Å². The maximum Gasteiger partial charge on any atom is 0.191 e. The number of para-hydroxylation sites is 1. The minimum absolute atomic E-state index is 0. The first-order valence-corrected chi connectivity index (χ1v) is 8.01. The Hall–Kier alpha value is -0.980. The number of halogens is 1. The lowest BCUT2D eigenvalue weighted by Gasteiger charge is -2.24. The van der Waals surface area contributed by atoms with E-state index < -0.39 is 0 Å². The summed E-state index contributed by atoms with van der Waals surface area (Å²) in [5, 5.41) is 6.65. The molecule has 1 aromatic rings. The fraction of sp³-hybridized carbons (Fsp3) is 0.588. The molecule has 0 radical (unpaired) electrons. The van der Waals surface area contributed by atoms with Gasteiger partial charge in [-0.1, -0.05) is 18.2 Å². The van der Waals surface area contributed by atoms with Gasteiger partial charge in [0.05, 0.1) is 6.54 Å². The van der Waals surface area contributed by atoms with Crippen LogP contribution in [0.15, 0.2) is 29.3 Å². The SMILES string of the molecule is CCNC(=NCCN1c2ccccc2CC1C)NC(C)C.I. The highest BCUT2D eigenvalue weighted by Crippen LogP contribution is 2.31. The van der Waals surface area contributed by atoms with E-state index in [2.05, 4.69) is 72.5 Å². The molecule has 1 unspecified atom stereocenters. The molecule has 1 aliphatic rings. The van der Waals surface area contributed by atoms with Crippen molar-refractivity contribution in [2.75, 3.05) is 24.5 Å². The Morgan fingerprint density at radius 2 is 2.09 bits per heavy atom. The summed E-state index contributed by atoms with van der Waals surface area (Å²) in [4.78, 5) is 7.15. The Morgan fingerprint density at radius 3 is 2.77 bits per heavy atom. The van der Waals surface area contributed by atoms with Crippen molar-refractivity contribution in [3.63, 3.8) is 0 Å². The molecule has 1 aliphatic heterocycles. The van der Waals surface area contributed by atoms with Gasteiger partial charge in [0.15, 0.2) is 5.96 Å². The third-order valence-corrected chi connectivity index (χ3v) is 3.73. The van der Waals surface area contributed by atoms with E-state index in [1.165, 1.54) is 11.3 Å². The summed E-state index contributed by atoms with van der Waals surface area (Å²) in [5.41, 5.74) is 2.84. The zero-order chi connectivity index (χ0) is 15.2. The third kappa shape index (κ3) is 5.04. The number of hydrogen-bond donors (Lipinski definition) is 2. The number of rotatable bonds is 5. The van der Waals surface area contributed by atoms with Crippen LogP contribution in [-0.4, -0.2) is 37.7 Å². The molecule has 0 saturated carbocycles. The van der Waals surface area contributed by atoms with Crippen LogP contribution in [0.5, 0.6) is 0 Å². The minimum atomic E-state index is 0. The molecule has 0 spiro atoms. The van der Waals surface area contributed by atoms with Crippen LogP contribution in [0.2, 0.25) is 0 Å². The molecule has 124 valence electrons. The van der Waals surface area contributed by atoms with Crippen LogP contribution in [0.3, 0.4) is 0 Å². The number of nitrogens with zero attached hydrogens (tertiary/aromatic N) is 2. The summed E-state index contributed by atoms with van der Waals surface area (Å²) < 4.78 is 0. The van der Waals surface area contributed by atoms with Gasteiger partial charge in [0, 0.05) is 30.9 Å². The quantitative estimate of drug-likeness (QED) is 0.441. The summed E-state index contributed by atoms with van der Waals surface area (Å²) in [6, 6.07) is 9.67. The summed E-state index contributed by atoms with van der Waals surface area (Å²) in [6.45, 7) is 11.3. The Labute approximate surface area is 151 Å². The molecule has 0 aliphatic carbocycles. The van der Waals surface area contributed by atoms with Gasteiger partial charge >= 0.3 is 0 Å². The van der Waals surface area contributed by atoms with Crippen molar-refractivity contribution < 1.29 is 0 Å². The molecule has 0 saturated heterocycles. The van der Waals surface area contributed by atoms with Gasteiger partial charge in [0.1, 0.15) is 0 Å². The third-order valence-electron chi connectivity index (χ3n) is 3.73. The van der Waals surface area contributed by atoms with Gasteiger partial charge in [-0.3, -0.25) is 4.99 Å². The van der Waals surface area contributed by atoms with Crippen molar-refractivity contribution in [2.45, 2.75) is 46.2 Å². The number of hydrogen-bond acceptors (Lipinski definition) is 2. The number of benzene rings is 1. The van der Waals surface area contributed by atoms with Crippen molar-refractivity contribution in [3.05, 3.63) is 29.8 Å². The number of aliphatic imine (C=N–C) groups is 1. The van der Waals surface area contributed by atoms with Crippen LogP contribution >= 0.6 is 24.0 Å². The first-order chi connectivity index (χ1) is 10.1. The second-order valence-electron chi connectivity index (χ2n) is 5.93. The first kappa shape index (κ1) is 19.1. The predicted molar refractivity (Wildman–Crippen MR) is 107 cm³/mol. The van der Waals surface area contributed by atoms with E-state index in [1.54, 1.807) is 0 Å². The highest BCUT2D eigenvalue weighted by atomic mass is 127. The van der Waals surface area contributed by atoms with Crippen LogP contribution in [0, 0.1) is 0 Å². The van der Waals surface area contributed by atoms with E-state index in [4.69, 9.17) is 0 Å². The zero-order valence-electron chi connectivity index (χ0n) is 14.1. The molecule has 2 rings (SSSR count). The van der Waals surface area contributed by atoms with Gasteiger partial charge < -0.3 is 15.5 Å². The maximum atomic E-state index is 4.68. The minimum Gasteiger partial charge on any atom is -0.366 e.